The van der Waals surface area contributed by atoms with Crippen LogP contribution >= 0.6 is 11.6 Å². The Hall–Kier alpha value is -1.82. The van der Waals surface area contributed by atoms with Gasteiger partial charge in [-0.3, -0.25) is 14.9 Å². The maximum absolute atomic E-state index is 11.6. The monoisotopic (exact) mass is 312 g/mol. The molecule has 7 heteroatoms. The molecular weight excluding hydrogens is 296 g/mol. The van der Waals surface area contributed by atoms with Gasteiger partial charge in [0.1, 0.15) is 10.7 Å². The van der Waals surface area contributed by atoms with Gasteiger partial charge in [-0.1, -0.05) is 24.6 Å². The second-order valence-corrected chi connectivity index (χ2v) is 5.74. The highest BCUT2D eigenvalue weighted by Gasteiger charge is 2.42. The summed E-state index contributed by atoms with van der Waals surface area (Å²) in [5.74, 6) is -0.848. The summed E-state index contributed by atoms with van der Waals surface area (Å²) in [6, 6.07) is 4.74. The summed E-state index contributed by atoms with van der Waals surface area (Å²) in [4.78, 5) is 24.1. The lowest BCUT2D eigenvalue weighted by Crippen LogP contribution is -2.47. The van der Waals surface area contributed by atoms with Crippen molar-refractivity contribution in [3.05, 3.63) is 33.3 Å². The summed E-state index contributed by atoms with van der Waals surface area (Å²) in [7, 11) is 0. The number of carbonyl (C=O) groups is 1. The van der Waals surface area contributed by atoms with Crippen LogP contribution in [-0.2, 0) is 4.79 Å². The van der Waals surface area contributed by atoms with Gasteiger partial charge in [0.05, 0.1) is 10.3 Å². The number of aliphatic carboxylic acids is 1. The topological polar surface area (TPSA) is 83.7 Å². The van der Waals surface area contributed by atoms with Gasteiger partial charge in [-0.15, -0.1) is 0 Å². The van der Waals surface area contributed by atoms with Gasteiger partial charge in [0.25, 0.3) is 0 Å². The molecule has 1 saturated heterocycles. The lowest BCUT2D eigenvalue weighted by Gasteiger charge is -2.40. The third kappa shape index (κ3) is 2.81. The molecule has 6 nitrogen and oxygen atoms in total. The zero-order valence-electron chi connectivity index (χ0n) is 11.7. The van der Waals surface area contributed by atoms with E-state index in [9.17, 15) is 20.0 Å². The van der Waals surface area contributed by atoms with E-state index >= 15 is 0 Å². The van der Waals surface area contributed by atoms with E-state index in [0.717, 1.165) is 0 Å². The molecule has 1 aliphatic rings. The predicted octanol–water partition coefficient (Wildman–Crippen LogP) is 3.33. The van der Waals surface area contributed by atoms with Crippen molar-refractivity contribution in [2.45, 2.75) is 26.2 Å². The number of carboxylic acids is 1. The summed E-state index contributed by atoms with van der Waals surface area (Å²) in [5, 5.41) is 20.8. The first kappa shape index (κ1) is 15.6. The van der Waals surface area contributed by atoms with Crippen molar-refractivity contribution in [1.29, 1.82) is 0 Å². The Morgan fingerprint density at radius 2 is 2.29 bits per heavy atom. The number of halogens is 1. The number of nitro benzene ring substituents is 1. The Labute approximate surface area is 127 Å². The summed E-state index contributed by atoms with van der Waals surface area (Å²) in [5.41, 5.74) is -0.614. The molecule has 1 aromatic carbocycles. The molecule has 0 bridgehead atoms. The average Bonchev–Trinajstić information content (AvgIpc) is 2.46. The lowest BCUT2D eigenvalue weighted by atomic mass is 9.77. The zero-order valence-corrected chi connectivity index (χ0v) is 12.5. The number of piperidine rings is 1. The predicted molar refractivity (Wildman–Crippen MR) is 79.9 cm³/mol. The molecule has 0 spiro atoms. The number of para-hydroxylation sites is 1. The molecule has 0 amide bonds. The fourth-order valence-corrected chi connectivity index (χ4v) is 3.13. The number of anilines is 1. The van der Waals surface area contributed by atoms with E-state index in [4.69, 9.17) is 11.6 Å². The van der Waals surface area contributed by atoms with Gasteiger partial charge in [-0.25, -0.2) is 0 Å². The van der Waals surface area contributed by atoms with Crippen LogP contribution in [-0.4, -0.2) is 29.1 Å². The molecule has 1 heterocycles. The van der Waals surface area contributed by atoms with Crippen molar-refractivity contribution in [2.75, 3.05) is 18.0 Å². The minimum absolute atomic E-state index is 0.0699. The molecule has 0 saturated carbocycles. The largest absolute Gasteiger partial charge is 0.481 e. The van der Waals surface area contributed by atoms with Gasteiger partial charge in [0.15, 0.2) is 0 Å². The summed E-state index contributed by atoms with van der Waals surface area (Å²) >= 11 is 5.93. The average molecular weight is 313 g/mol. The van der Waals surface area contributed by atoms with E-state index in [1.54, 1.807) is 17.0 Å². The van der Waals surface area contributed by atoms with Crippen molar-refractivity contribution in [3.63, 3.8) is 0 Å². The Bertz CT molecular complexity index is 578. The standard InChI is InChI=1S/C14H17ClN2O4/c1-2-14(13(18)19)7-4-8-16(9-14)11-6-3-5-10(15)12(11)17(20)21/h3,5-6H,2,4,7-9H2,1H3,(H,18,19). The quantitative estimate of drug-likeness (QED) is 0.681. The van der Waals surface area contributed by atoms with E-state index < -0.39 is 16.3 Å². The van der Waals surface area contributed by atoms with Crippen LogP contribution in [0.4, 0.5) is 11.4 Å². The van der Waals surface area contributed by atoms with Crippen molar-refractivity contribution in [1.82, 2.24) is 0 Å². The Morgan fingerprint density at radius 3 is 2.86 bits per heavy atom. The van der Waals surface area contributed by atoms with Crippen LogP contribution in [0.1, 0.15) is 26.2 Å². The Kier molecular flexibility index (Phi) is 4.37. The van der Waals surface area contributed by atoms with Crippen LogP contribution in [0.2, 0.25) is 5.02 Å². The minimum atomic E-state index is -0.853. The van der Waals surface area contributed by atoms with Crippen LogP contribution in [0.25, 0.3) is 0 Å². The fourth-order valence-electron chi connectivity index (χ4n) is 2.89. The molecule has 1 unspecified atom stereocenters. The molecular formula is C14H17ClN2O4. The van der Waals surface area contributed by atoms with E-state index in [-0.39, 0.29) is 17.3 Å². The van der Waals surface area contributed by atoms with Gasteiger partial charge in [-0.05, 0) is 31.4 Å². The molecule has 0 radical (unpaired) electrons. The van der Waals surface area contributed by atoms with Crippen LogP contribution in [0, 0.1) is 15.5 Å². The molecule has 21 heavy (non-hydrogen) atoms. The smallest absolute Gasteiger partial charge is 0.311 e. The number of hydrogen-bond acceptors (Lipinski definition) is 4. The van der Waals surface area contributed by atoms with Gasteiger partial charge in [0, 0.05) is 13.1 Å². The highest BCUT2D eigenvalue weighted by atomic mass is 35.5. The minimum Gasteiger partial charge on any atom is -0.481 e. The molecule has 1 aliphatic heterocycles. The second kappa shape index (κ2) is 5.89. The summed E-state index contributed by atoms with van der Waals surface area (Å²) in [6.45, 7) is 2.69. The van der Waals surface area contributed by atoms with Crippen molar-refractivity contribution >= 4 is 28.9 Å². The van der Waals surface area contributed by atoms with E-state index in [2.05, 4.69) is 0 Å². The van der Waals surface area contributed by atoms with Gasteiger partial charge < -0.3 is 10.0 Å². The molecule has 1 atom stereocenters. The van der Waals surface area contributed by atoms with E-state index in [0.29, 0.717) is 31.5 Å². The number of nitro groups is 1. The van der Waals surface area contributed by atoms with Crippen LogP contribution < -0.4 is 4.90 Å². The SMILES string of the molecule is CCC1(C(=O)O)CCCN(c2cccc(Cl)c2[N+](=O)[O-])C1. The zero-order chi connectivity index (χ0) is 15.6. The third-order valence-corrected chi connectivity index (χ3v) is 4.50. The summed E-state index contributed by atoms with van der Waals surface area (Å²) < 4.78 is 0. The highest BCUT2D eigenvalue weighted by Crippen LogP contribution is 2.40. The first-order valence-corrected chi connectivity index (χ1v) is 7.20. The Balaban J connectivity index is 2.41. The molecule has 1 fully saturated rings. The number of carboxylic acid groups (broad SMARTS) is 1. The van der Waals surface area contributed by atoms with Crippen molar-refractivity contribution < 1.29 is 14.8 Å². The molecule has 1 aromatic rings. The molecule has 114 valence electrons. The van der Waals surface area contributed by atoms with Crippen LogP contribution in [0.5, 0.6) is 0 Å². The van der Waals surface area contributed by atoms with Crippen LogP contribution in [0.3, 0.4) is 0 Å². The van der Waals surface area contributed by atoms with E-state index in [1.807, 2.05) is 6.92 Å². The van der Waals surface area contributed by atoms with Crippen LogP contribution in [0.15, 0.2) is 18.2 Å². The lowest BCUT2D eigenvalue weighted by molar-refractivity contribution is -0.384. The number of benzene rings is 1. The normalized spacial score (nSPS) is 22.1. The summed E-state index contributed by atoms with van der Waals surface area (Å²) in [6.07, 6.45) is 1.76. The van der Waals surface area contributed by atoms with Crippen molar-refractivity contribution in [2.24, 2.45) is 5.41 Å². The molecule has 0 aliphatic carbocycles. The van der Waals surface area contributed by atoms with Gasteiger partial charge >= 0.3 is 11.7 Å². The van der Waals surface area contributed by atoms with Gasteiger partial charge in [0.2, 0.25) is 0 Å². The molecule has 2 rings (SSSR count). The number of rotatable bonds is 4. The third-order valence-electron chi connectivity index (χ3n) is 4.20. The number of nitrogens with zero attached hydrogens (tertiary/aromatic N) is 2. The van der Waals surface area contributed by atoms with E-state index in [1.165, 1.54) is 6.07 Å². The maximum atomic E-state index is 11.6. The first-order chi connectivity index (χ1) is 9.91. The fraction of sp³-hybridized carbons (Fsp3) is 0.500. The van der Waals surface area contributed by atoms with Gasteiger partial charge in [-0.2, -0.15) is 0 Å². The highest BCUT2D eigenvalue weighted by molar-refractivity contribution is 6.33. The number of hydrogen-bond donors (Lipinski definition) is 1. The Morgan fingerprint density at radius 1 is 1.57 bits per heavy atom. The molecule has 0 aromatic heterocycles. The first-order valence-electron chi connectivity index (χ1n) is 6.82. The molecule has 1 N–H and O–H groups in total. The second-order valence-electron chi connectivity index (χ2n) is 5.33. The maximum Gasteiger partial charge on any atom is 0.311 e. The van der Waals surface area contributed by atoms with Crippen molar-refractivity contribution in [3.8, 4) is 0 Å².